The molecule has 1 aromatic heterocycles. The van der Waals surface area contributed by atoms with Crippen molar-refractivity contribution < 1.29 is 14.6 Å². The summed E-state index contributed by atoms with van der Waals surface area (Å²) in [4.78, 5) is 11.7. The van der Waals surface area contributed by atoms with Gasteiger partial charge in [-0.1, -0.05) is 56.6 Å². The molecule has 2 aromatic carbocycles. The number of rotatable bonds is 5. The molecule has 0 atom stereocenters. The molecule has 3 rings (SSSR count). The van der Waals surface area contributed by atoms with E-state index in [2.05, 4.69) is 58.6 Å². The third kappa shape index (κ3) is 5.98. The second kappa shape index (κ2) is 10.5. The van der Waals surface area contributed by atoms with Gasteiger partial charge < -0.3 is 15.2 Å². The van der Waals surface area contributed by atoms with Crippen molar-refractivity contribution in [3.05, 3.63) is 64.3 Å². The predicted octanol–water partition coefficient (Wildman–Crippen LogP) is 5.24. The smallest absolute Gasteiger partial charge is 0.339 e. The number of esters is 1. The van der Waals surface area contributed by atoms with Crippen LogP contribution in [0.4, 0.5) is 5.69 Å². The molecule has 1 heterocycles. The highest BCUT2D eigenvalue weighted by molar-refractivity contribution is 7.80. The van der Waals surface area contributed by atoms with E-state index in [1.54, 1.807) is 30.8 Å². The van der Waals surface area contributed by atoms with Crippen LogP contribution < -0.4 is 10.7 Å². The Morgan fingerprint density at radius 2 is 1.86 bits per heavy atom. The van der Waals surface area contributed by atoms with Gasteiger partial charge in [0, 0.05) is 18.3 Å². The molecular weight excluding hydrogens is 486 g/mol. The summed E-state index contributed by atoms with van der Waals surface area (Å²) in [6.07, 6.45) is 0. The summed E-state index contributed by atoms with van der Waals surface area (Å²) in [5.74, 6) is -0.495. The summed E-state index contributed by atoms with van der Waals surface area (Å²) in [6, 6.07) is 12.8. The van der Waals surface area contributed by atoms with Crippen LogP contribution in [0.25, 0.3) is 11.3 Å². The van der Waals surface area contributed by atoms with E-state index in [9.17, 15) is 9.90 Å². The lowest BCUT2D eigenvalue weighted by Gasteiger charge is -2.19. The second-order valence-electron chi connectivity index (χ2n) is 8.95. The van der Waals surface area contributed by atoms with Gasteiger partial charge in [-0.2, -0.15) is 10.2 Å². The number of hydrogen-bond acceptors (Lipinski definition) is 6. The zero-order chi connectivity index (χ0) is 25.9. The standard InChI is InChI=1S/C25H28ClN5O3S/c1-14(28-29-24(35)27-17-11-12-18(19(26)13-17)23(33)34-6)20-22(32)21(31(5)30-20)15-7-9-16(10-8-15)25(2,3)4/h7-13,32H,1-6H3,(H2,27,29,35). The van der Waals surface area contributed by atoms with Crippen molar-refractivity contribution in [1.29, 1.82) is 0 Å². The van der Waals surface area contributed by atoms with Crippen LogP contribution in [0.1, 0.15) is 49.3 Å². The summed E-state index contributed by atoms with van der Waals surface area (Å²) in [5.41, 5.74) is 7.01. The maximum absolute atomic E-state index is 11.7. The van der Waals surface area contributed by atoms with Crippen LogP contribution in [-0.2, 0) is 17.2 Å². The molecule has 0 amide bonds. The molecule has 0 fully saturated rings. The molecule has 0 aliphatic heterocycles. The molecule has 3 N–H and O–H groups in total. The number of hydrazone groups is 1. The van der Waals surface area contributed by atoms with Crippen LogP contribution in [0.3, 0.4) is 0 Å². The fourth-order valence-electron chi connectivity index (χ4n) is 3.42. The van der Waals surface area contributed by atoms with Crippen LogP contribution >= 0.6 is 23.8 Å². The van der Waals surface area contributed by atoms with Crippen molar-refractivity contribution >= 4 is 46.3 Å². The first kappa shape index (κ1) is 26.2. The maximum Gasteiger partial charge on any atom is 0.339 e. The summed E-state index contributed by atoms with van der Waals surface area (Å²) in [7, 11) is 3.06. The SMILES string of the molecule is COC(=O)c1ccc(NC(=S)NN=C(C)c2nn(C)c(-c3ccc(C(C)(C)C)cc3)c2O)cc1Cl. The van der Waals surface area contributed by atoms with E-state index >= 15 is 0 Å². The van der Waals surface area contributed by atoms with Crippen molar-refractivity contribution in [3.63, 3.8) is 0 Å². The maximum atomic E-state index is 11.7. The number of nitrogens with zero attached hydrogens (tertiary/aromatic N) is 3. The quantitative estimate of drug-likeness (QED) is 0.185. The summed E-state index contributed by atoms with van der Waals surface area (Å²) >= 11 is 11.4. The number of hydrogen-bond donors (Lipinski definition) is 3. The van der Waals surface area contributed by atoms with Crippen molar-refractivity contribution in [3.8, 4) is 17.0 Å². The van der Waals surface area contributed by atoms with Crippen LogP contribution in [0.5, 0.6) is 5.75 Å². The minimum absolute atomic E-state index is 0.0307. The van der Waals surface area contributed by atoms with Crippen molar-refractivity contribution in [2.24, 2.45) is 12.1 Å². The Kier molecular flexibility index (Phi) is 7.82. The van der Waals surface area contributed by atoms with E-state index in [0.717, 1.165) is 5.56 Å². The topological polar surface area (TPSA) is 101 Å². The highest BCUT2D eigenvalue weighted by Crippen LogP contribution is 2.33. The van der Waals surface area contributed by atoms with E-state index in [0.29, 0.717) is 22.8 Å². The van der Waals surface area contributed by atoms with Gasteiger partial charge in [0.1, 0.15) is 5.69 Å². The van der Waals surface area contributed by atoms with E-state index in [1.165, 1.54) is 18.7 Å². The number of carbonyl (C=O) groups is 1. The van der Waals surface area contributed by atoms with Gasteiger partial charge in [0.25, 0.3) is 0 Å². The Hall–Kier alpha value is -3.43. The Morgan fingerprint density at radius 3 is 2.43 bits per heavy atom. The first-order chi connectivity index (χ1) is 16.4. The monoisotopic (exact) mass is 513 g/mol. The first-order valence-corrected chi connectivity index (χ1v) is 11.6. The van der Waals surface area contributed by atoms with Gasteiger partial charge in [-0.05, 0) is 48.3 Å². The summed E-state index contributed by atoms with van der Waals surface area (Å²) in [6.45, 7) is 8.17. The van der Waals surface area contributed by atoms with Gasteiger partial charge in [0.05, 0.1) is 23.4 Å². The number of thiocarbonyl (C=S) groups is 1. The molecule has 8 nitrogen and oxygen atoms in total. The fourth-order valence-corrected chi connectivity index (χ4v) is 3.84. The van der Waals surface area contributed by atoms with Crippen molar-refractivity contribution in [2.45, 2.75) is 33.1 Å². The zero-order valence-corrected chi connectivity index (χ0v) is 22.0. The number of carbonyl (C=O) groups excluding carboxylic acids is 1. The molecular formula is C25H28ClN5O3S. The highest BCUT2D eigenvalue weighted by Gasteiger charge is 2.20. The number of aromatic nitrogens is 2. The van der Waals surface area contributed by atoms with Crippen LogP contribution in [0.15, 0.2) is 47.6 Å². The number of ether oxygens (including phenoxy) is 1. The average Bonchev–Trinajstić information content (AvgIpc) is 3.10. The average molecular weight is 514 g/mol. The number of aromatic hydroxyl groups is 1. The Labute approximate surface area is 214 Å². The fraction of sp³-hybridized carbons (Fsp3) is 0.280. The van der Waals surface area contributed by atoms with E-state index in [1.807, 2.05) is 12.1 Å². The molecule has 0 spiro atoms. The molecule has 0 saturated carbocycles. The predicted molar refractivity (Wildman–Crippen MR) is 143 cm³/mol. The van der Waals surface area contributed by atoms with Crippen molar-refractivity contribution in [2.75, 3.05) is 12.4 Å². The minimum atomic E-state index is -0.526. The second-order valence-corrected chi connectivity index (χ2v) is 9.76. The lowest BCUT2D eigenvalue weighted by Crippen LogP contribution is -2.25. The van der Waals surface area contributed by atoms with Gasteiger partial charge >= 0.3 is 5.97 Å². The van der Waals surface area contributed by atoms with Gasteiger partial charge in [-0.3, -0.25) is 10.1 Å². The number of benzene rings is 2. The first-order valence-electron chi connectivity index (χ1n) is 10.8. The van der Waals surface area contributed by atoms with Crippen molar-refractivity contribution in [1.82, 2.24) is 15.2 Å². The highest BCUT2D eigenvalue weighted by atomic mass is 35.5. The molecule has 0 aliphatic rings. The molecule has 0 saturated heterocycles. The minimum Gasteiger partial charge on any atom is -0.504 e. The number of aryl methyl sites for hydroxylation is 1. The molecule has 0 radical (unpaired) electrons. The third-order valence-electron chi connectivity index (χ3n) is 5.35. The Bertz CT molecular complexity index is 1290. The van der Waals surface area contributed by atoms with E-state index < -0.39 is 5.97 Å². The zero-order valence-electron chi connectivity index (χ0n) is 20.4. The Morgan fingerprint density at radius 1 is 1.20 bits per heavy atom. The summed E-state index contributed by atoms with van der Waals surface area (Å²) in [5, 5.41) is 22.9. The molecule has 0 unspecified atom stereocenters. The molecule has 0 bridgehead atoms. The lowest BCUT2D eigenvalue weighted by atomic mass is 9.86. The molecule has 10 heteroatoms. The molecule has 0 aliphatic carbocycles. The lowest BCUT2D eigenvalue weighted by molar-refractivity contribution is 0.0601. The number of nitrogens with one attached hydrogen (secondary N) is 2. The summed E-state index contributed by atoms with van der Waals surface area (Å²) < 4.78 is 6.31. The Balaban J connectivity index is 1.74. The largest absolute Gasteiger partial charge is 0.504 e. The number of halogens is 1. The molecule has 3 aromatic rings. The third-order valence-corrected chi connectivity index (χ3v) is 5.85. The van der Waals surface area contributed by atoms with Gasteiger partial charge in [0.2, 0.25) is 0 Å². The van der Waals surface area contributed by atoms with Gasteiger partial charge in [0.15, 0.2) is 16.6 Å². The van der Waals surface area contributed by atoms with Crippen LogP contribution in [0.2, 0.25) is 5.02 Å². The van der Waals surface area contributed by atoms with Crippen LogP contribution in [-0.4, -0.2) is 38.8 Å². The van der Waals surface area contributed by atoms with Gasteiger partial charge in [-0.25, -0.2) is 4.79 Å². The van der Waals surface area contributed by atoms with E-state index in [4.69, 9.17) is 23.8 Å². The number of methoxy groups -OCH3 is 1. The number of anilines is 1. The molecule has 35 heavy (non-hydrogen) atoms. The van der Waals surface area contributed by atoms with E-state index in [-0.39, 0.29) is 26.9 Å². The van der Waals surface area contributed by atoms with Gasteiger partial charge in [-0.15, -0.1) is 0 Å². The normalized spacial score (nSPS) is 11.8. The molecule has 184 valence electrons. The van der Waals surface area contributed by atoms with Crippen LogP contribution in [0, 0.1) is 0 Å².